The molecule has 2 aromatic rings. The number of phenols is 6. The standard InChI is InChI=1S/C20H20O14/c21-5-13(26)18(34-20(32)8-3-11(24)16(29)12(25)4-8)17(30)14(27)6-33-19(31)7-1-9(22)15(28)10(23)2-7/h1-5,13-14,17-18,22-30H,6H2/t13-,14+,17+,18-/m0/s1. The summed E-state index contributed by atoms with van der Waals surface area (Å²) in [7, 11) is 0. The van der Waals surface area contributed by atoms with E-state index in [4.69, 9.17) is 9.47 Å². The van der Waals surface area contributed by atoms with Crippen LogP contribution in [0.15, 0.2) is 24.3 Å². The van der Waals surface area contributed by atoms with Gasteiger partial charge in [0.2, 0.25) is 0 Å². The maximum atomic E-state index is 12.3. The molecule has 0 unspecified atom stereocenters. The van der Waals surface area contributed by atoms with Crippen LogP contribution in [-0.2, 0) is 14.3 Å². The van der Waals surface area contributed by atoms with Crippen molar-refractivity contribution in [2.45, 2.75) is 24.4 Å². The number of carbonyl (C=O) groups excluding carboxylic acids is 3. The number of esters is 2. The predicted molar refractivity (Wildman–Crippen MR) is 106 cm³/mol. The molecule has 0 fully saturated rings. The highest BCUT2D eigenvalue weighted by Gasteiger charge is 2.36. The first-order valence-corrected chi connectivity index (χ1v) is 9.24. The van der Waals surface area contributed by atoms with E-state index in [0.29, 0.717) is 12.1 Å². The molecule has 0 saturated heterocycles. The minimum absolute atomic E-state index is 0.131. The largest absolute Gasteiger partial charge is 0.504 e. The van der Waals surface area contributed by atoms with Crippen molar-refractivity contribution >= 4 is 18.2 Å². The van der Waals surface area contributed by atoms with E-state index < -0.39 is 88.6 Å². The van der Waals surface area contributed by atoms with Crippen LogP contribution in [0.2, 0.25) is 0 Å². The fraction of sp³-hybridized carbons (Fsp3) is 0.250. The Morgan fingerprint density at radius 1 is 0.765 bits per heavy atom. The lowest BCUT2D eigenvalue weighted by Crippen LogP contribution is -2.49. The van der Waals surface area contributed by atoms with E-state index in [9.17, 15) is 60.3 Å². The third-order valence-corrected chi connectivity index (χ3v) is 4.45. The number of aldehydes is 1. The Morgan fingerprint density at radius 2 is 1.18 bits per heavy atom. The Labute approximate surface area is 189 Å². The Morgan fingerprint density at radius 3 is 1.59 bits per heavy atom. The van der Waals surface area contributed by atoms with Crippen LogP contribution < -0.4 is 0 Å². The zero-order valence-corrected chi connectivity index (χ0v) is 17.0. The maximum absolute atomic E-state index is 12.3. The number of hydrogen-bond acceptors (Lipinski definition) is 14. The van der Waals surface area contributed by atoms with Gasteiger partial charge in [0.1, 0.15) is 24.9 Å². The minimum atomic E-state index is -2.21. The van der Waals surface area contributed by atoms with Gasteiger partial charge >= 0.3 is 11.9 Å². The topological polar surface area (TPSA) is 252 Å². The normalized spacial score (nSPS) is 14.4. The molecule has 0 saturated carbocycles. The number of carbonyl (C=O) groups is 3. The highest BCUT2D eigenvalue weighted by Crippen LogP contribution is 2.36. The molecule has 0 aliphatic carbocycles. The van der Waals surface area contributed by atoms with Crippen LogP contribution in [0.3, 0.4) is 0 Å². The number of aromatic hydroxyl groups is 6. The molecule has 184 valence electrons. The third kappa shape index (κ3) is 5.74. The Kier molecular flexibility index (Phi) is 8.07. The molecule has 0 aromatic heterocycles. The molecule has 0 heterocycles. The van der Waals surface area contributed by atoms with E-state index in [0.717, 1.165) is 12.1 Å². The number of phenolic OH excluding ortho intramolecular Hbond substituents is 6. The lowest BCUT2D eigenvalue weighted by molar-refractivity contribution is -0.138. The third-order valence-electron chi connectivity index (χ3n) is 4.45. The molecule has 0 aliphatic rings. The van der Waals surface area contributed by atoms with Crippen LogP contribution in [0, 0.1) is 0 Å². The summed E-state index contributed by atoms with van der Waals surface area (Å²) in [5, 5.41) is 86.5. The monoisotopic (exact) mass is 484 g/mol. The molecular weight excluding hydrogens is 464 g/mol. The minimum Gasteiger partial charge on any atom is -0.504 e. The average Bonchev–Trinajstić information content (AvgIpc) is 2.80. The SMILES string of the molecule is O=C[C@H](O)[C@H](OC(=O)c1cc(O)c(O)c(O)c1)[C@H](O)[C@H](O)COC(=O)c1cc(O)c(O)c(O)c1. The summed E-state index contributed by atoms with van der Waals surface area (Å²) in [4.78, 5) is 35.3. The van der Waals surface area contributed by atoms with Crippen LogP contribution in [0.1, 0.15) is 20.7 Å². The van der Waals surface area contributed by atoms with Crippen molar-refractivity contribution in [2.24, 2.45) is 0 Å². The van der Waals surface area contributed by atoms with Gasteiger partial charge in [-0.1, -0.05) is 0 Å². The molecule has 0 radical (unpaired) electrons. The highest BCUT2D eigenvalue weighted by molar-refractivity contribution is 5.92. The average molecular weight is 484 g/mol. The second kappa shape index (κ2) is 10.6. The van der Waals surface area contributed by atoms with Crippen molar-refractivity contribution in [3.05, 3.63) is 35.4 Å². The van der Waals surface area contributed by atoms with Crippen molar-refractivity contribution in [3.63, 3.8) is 0 Å². The number of aliphatic hydroxyl groups excluding tert-OH is 3. The first-order valence-electron chi connectivity index (χ1n) is 9.24. The molecule has 0 amide bonds. The Hall–Kier alpha value is -4.27. The van der Waals surface area contributed by atoms with Crippen molar-refractivity contribution in [3.8, 4) is 34.5 Å². The second-order valence-electron chi connectivity index (χ2n) is 6.88. The van der Waals surface area contributed by atoms with Crippen molar-refractivity contribution in [1.82, 2.24) is 0 Å². The number of rotatable bonds is 9. The number of benzene rings is 2. The van der Waals surface area contributed by atoms with Gasteiger partial charge < -0.3 is 60.2 Å². The summed E-state index contributed by atoms with van der Waals surface area (Å²) in [6.45, 7) is -0.983. The van der Waals surface area contributed by atoms with Crippen LogP contribution in [0.25, 0.3) is 0 Å². The molecule has 0 bridgehead atoms. The van der Waals surface area contributed by atoms with Gasteiger partial charge in [0.05, 0.1) is 11.1 Å². The number of ether oxygens (including phenoxy) is 2. The second-order valence-corrected chi connectivity index (χ2v) is 6.88. The van der Waals surface area contributed by atoms with Gasteiger partial charge in [-0.3, -0.25) is 0 Å². The van der Waals surface area contributed by atoms with Crippen molar-refractivity contribution in [2.75, 3.05) is 6.61 Å². The molecule has 14 heteroatoms. The number of hydrogen-bond donors (Lipinski definition) is 9. The van der Waals surface area contributed by atoms with Crippen molar-refractivity contribution in [1.29, 1.82) is 0 Å². The van der Waals surface area contributed by atoms with Gasteiger partial charge in [0.15, 0.2) is 46.9 Å². The lowest BCUT2D eigenvalue weighted by atomic mass is 10.0. The molecule has 14 nitrogen and oxygen atoms in total. The summed E-state index contributed by atoms with van der Waals surface area (Å²) in [5.74, 6) is -7.95. The maximum Gasteiger partial charge on any atom is 0.338 e. The zero-order chi connectivity index (χ0) is 25.7. The predicted octanol–water partition coefficient (Wildman–Crippen LogP) is -1.42. The zero-order valence-electron chi connectivity index (χ0n) is 17.0. The summed E-state index contributed by atoms with van der Waals surface area (Å²) in [5.41, 5.74) is -1.01. The summed E-state index contributed by atoms with van der Waals surface area (Å²) in [6.07, 6.45) is -8.67. The molecule has 34 heavy (non-hydrogen) atoms. The van der Waals surface area contributed by atoms with Crippen LogP contribution >= 0.6 is 0 Å². The van der Waals surface area contributed by atoms with Gasteiger partial charge in [-0.25, -0.2) is 9.59 Å². The van der Waals surface area contributed by atoms with E-state index in [-0.39, 0.29) is 6.29 Å². The van der Waals surface area contributed by atoms with Crippen LogP contribution in [0.4, 0.5) is 0 Å². The van der Waals surface area contributed by atoms with Gasteiger partial charge in [0.25, 0.3) is 0 Å². The Bertz CT molecular complexity index is 1030. The molecular formula is C20H20O14. The molecule has 2 aromatic carbocycles. The van der Waals surface area contributed by atoms with Gasteiger partial charge in [-0.05, 0) is 24.3 Å². The Balaban J connectivity index is 2.12. The summed E-state index contributed by atoms with van der Waals surface area (Å²) < 4.78 is 9.49. The van der Waals surface area contributed by atoms with Crippen LogP contribution in [-0.4, -0.2) is 95.2 Å². The van der Waals surface area contributed by atoms with E-state index in [1.807, 2.05) is 0 Å². The molecule has 0 spiro atoms. The first kappa shape index (κ1) is 26.0. The van der Waals surface area contributed by atoms with E-state index in [1.54, 1.807) is 0 Å². The molecule has 0 aliphatic heterocycles. The molecule has 2 rings (SSSR count). The fourth-order valence-electron chi connectivity index (χ4n) is 2.62. The summed E-state index contributed by atoms with van der Waals surface area (Å²) in [6, 6.07) is 2.83. The highest BCUT2D eigenvalue weighted by atomic mass is 16.6. The summed E-state index contributed by atoms with van der Waals surface area (Å²) >= 11 is 0. The smallest absolute Gasteiger partial charge is 0.338 e. The molecule has 4 atom stereocenters. The van der Waals surface area contributed by atoms with Gasteiger partial charge in [-0.2, -0.15) is 0 Å². The van der Waals surface area contributed by atoms with E-state index >= 15 is 0 Å². The van der Waals surface area contributed by atoms with E-state index in [2.05, 4.69) is 0 Å². The van der Waals surface area contributed by atoms with Crippen LogP contribution in [0.5, 0.6) is 34.5 Å². The van der Waals surface area contributed by atoms with Gasteiger partial charge in [-0.15, -0.1) is 0 Å². The van der Waals surface area contributed by atoms with Crippen molar-refractivity contribution < 1.29 is 69.8 Å². The van der Waals surface area contributed by atoms with Gasteiger partial charge in [0, 0.05) is 0 Å². The van der Waals surface area contributed by atoms with E-state index in [1.165, 1.54) is 0 Å². The quantitative estimate of drug-likeness (QED) is 0.113. The fourth-order valence-corrected chi connectivity index (χ4v) is 2.62. The first-order chi connectivity index (χ1) is 15.9. The number of aliphatic hydroxyl groups is 3. The molecule has 9 N–H and O–H groups in total. The lowest BCUT2D eigenvalue weighted by Gasteiger charge is -2.28.